The minimum absolute atomic E-state index is 0.257. The maximum absolute atomic E-state index is 10.8. The van der Waals surface area contributed by atoms with Crippen LogP contribution in [-0.2, 0) is 9.53 Å². The molecule has 0 amide bonds. The molecule has 0 radical (unpaired) electrons. The summed E-state index contributed by atoms with van der Waals surface area (Å²) >= 11 is 0. The molecule has 2 heteroatoms. The van der Waals surface area contributed by atoms with E-state index in [1.807, 2.05) is 13.0 Å². The number of hydrogen-bond acceptors (Lipinski definition) is 2. The van der Waals surface area contributed by atoms with Gasteiger partial charge in [-0.3, -0.25) is 4.79 Å². The molecule has 0 heterocycles. The van der Waals surface area contributed by atoms with Crippen LogP contribution in [0.3, 0.4) is 0 Å². The molecule has 0 unspecified atom stereocenters. The van der Waals surface area contributed by atoms with E-state index in [9.17, 15) is 4.79 Å². The lowest BCUT2D eigenvalue weighted by Gasteiger charge is -1.90. The Balaban J connectivity index is 3.94. The van der Waals surface area contributed by atoms with Gasteiger partial charge in [-0.05, 0) is 19.2 Å². The Morgan fingerprint density at radius 3 is 2.53 bits per heavy atom. The van der Waals surface area contributed by atoms with Crippen molar-refractivity contribution in [3.8, 4) is 0 Å². The quantitative estimate of drug-likeness (QED) is 0.475. The normalized spacial score (nSPS) is 14.8. The van der Waals surface area contributed by atoms with Crippen LogP contribution in [0.1, 0.15) is 35.3 Å². The van der Waals surface area contributed by atoms with Gasteiger partial charge in [0.25, 0.3) is 0 Å². The molecule has 0 atom stereocenters. The van der Waals surface area contributed by atoms with Crippen LogP contribution in [0.4, 0.5) is 0 Å². The fourth-order valence-electron chi connectivity index (χ4n) is 0.815. The number of ether oxygens (including phenoxy) is 1. The molecule has 84 valence electrons. The standard InChI is InChI=1S/C13H20O2/c1-3-4-5-6-7-8-9-10-11-12-13(14)15-2/h4-5,7-8,10-11H,3,6,9,12H2,1-2H3/b5-4-,8-7-,11-10-/i6D2. The average Bonchev–Trinajstić information content (AvgIpc) is 2.30. The van der Waals surface area contributed by atoms with Crippen molar-refractivity contribution in [3.05, 3.63) is 36.5 Å². The third-order valence-corrected chi connectivity index (χ3v) is 1.61. The third kappa shape index (κ3) is 10.6. The lowest BCUT2D eigenvalue weighted by molar-refractivity contribution is -0.139. The van der Waals surface area contributed by atoms with Gasteiger partial charge >= 0.3 is 5.97 Å². The van der Waals surface area contributed by atoms with Crippen LogP contribution in [0.15, 0.2) is 36.5 Å². The Morgan fingerprint density at radius 1 is 1.20 bits per heavy atom. The van der Waals surface area contributed by atoms with E-state index >= 15 is 0 Å². The Labute approximate surface area is 95.1 Å². The van der Waals surface area contributed by atoms with Gasteiger partial charge in [0.1, 0.15) is 0 Å². The molecule has 0 aromatic carbocycles. The van der Waals surface area contributed by atoms with Crippen LogP contribution in [-0.4, -0.2) is 13.1 Å². The molecule has 0 aliphatic heterocycles. The zero-order chi connectivity index (χ0) is 13.1. The Kier molecular flexibility index (Phi) is 7.33. The molecular weight excluding hydrogens is 188 g/mol. The fourth-order valence-corrected chi connectivity index (χ4v) is 0.815. The van der Waals surface area contributed by atoms with Gasteiger partial charge in [-0.2, -0.15) is 0 Å². The van der Waals surface area contributed by atoms with Crippen molar-refractivity contribution in [2.24, 2.45) is 0 Å². The second kappa shape index (κ2) is 10.8. The highest BCUT2D eigenvalue weighted by molar-refractivity contribution is 5.70. The number of hydrogen-bond donors (Lipinski definition) is 0. The van der Waals surface area contributed by atoms with Crippen molar-refractivity contribution >= 4 is 5.97 Å². The fraction of sp³-hybridized carbons (Fsp3) is 0.462. The Morgan fingerprint density at radius 2 is 1.87 bits per heavy atom. The monoisotopic (exact) mass is 210 g/mol. The molecule has 0 aromatic rings. The molecule has 0 rings (SSSR count). The van der Waals surface area contributed by atoms with E-state index in [1.165, 1.54) is 13.2 Å². The average molecular weight is 210 g/mol. The van der Waals surface area contributed by atoms with Crippen molar-refractivity contribution in [1.82, 2.24) is 0 Å². The predicted molar refractivity (Wildman–Crippen MR) is 63.6 cm³/mol. The number of methoxy groups -OCH3 is 1. The summed E-state index contributed by atoms with van der Waals surface area (Å²) in [5.74, 6) is -0.272. The van der Waals surface area contributed by atoms with Gasteiger partial charge in [-0.25, -0.2) is 0 Å². The summed E-state index contributed by atoms with van der Waals surface area (Å²) < 4.78 is 19.7. The molecule has 0 saturated heterocycles. The number of carbonyl (C=O) groups is 1. The zero-order valence-electron chi connectivity index (χ0n) is 11.4. The highest BCUT2D eigenvalue weighted by Gasteiger charge is 1.91. The van der Waals surface area contributed by atoms with E-state index in [0.717, 1.165) is 6.42 Å². The Bertz CT molecular complexity index is 305. The van der Waals surface area contributed by atoms with E-state index < -0.39 is 6.37 Å². The minimum atomic E-state index is -1.40. The van der Waals surface area contributed by atoms with Gasteiger partial charge in [0.05, 0.1) is 13.5 Å². The maximum atomic E-state index is 10.8. The number of carbonyl (C=O) groups excluding carboxylic acids is 1. The lowest BCUT2D eigenvalue weighted by atomic mass is 10.2. The number of rotatable bonds is 7. The first-order chi connectivity index (χ1) is 8.02. The second-order valence-corrected chi connectivity index (χ2v) is 2.87. The summed E-state index contributed by atoms with van der Waals surface area (Å²) in [6.45, 7) is 1.96. The Hall–Kier alpha value is -1.31. The van der Waals surface area contributed by atoms with E-state index in [1.54, 1.807) is 24.3 Å². The van der Waals surface area contributed by atoms with Crippen LogP contribution < -0.4 is 0 Å². The maximum Gasteiger partial charge on any atom is 0.309 e. The van der Waals surface area contributed by atoms with Gasteiger partial charge in [0, 0.05) is 2.74 Å². The zero-order valence-corrected chi connectivity index (χ0v) is 9.40. The second-order valence-electron chi connectivity index (χ2n) is 2.87. The molecule has 2 nitrogen and oxygen atoms in total. The highest BCUT2D eigenvalue weighted by atomic mass is 16.5. The molecule has 0 aromatic heterocycles. The van der Waals surface area contributed by atoms with Crippen molar-refractivity contribution in [1.29, 1.82) is 0 Å². The SMILES string of the molecule is [2H]C([2H])(/C=C\CC)/C=C\C/C=C\CC(=O)OC. The smallest absolute Gasteiger partial charge is 0.309 e. The van der Waals surface area contributed by atoms with E-state index in [-0.39, 0.29) is 12.4 Å². The van der Waals surface area contributed by atoms with E-state index in [2.05, 4.69) is 4.74 Å². The molecule has 0 aliphatic carbocycles. The number of esters is 1. The lowest BCUT2D eigenvalue weighted by Crippen LogP contribution is -1.96. The van der Waals surface area contributed by atoms with Gasteiger partial charge in [-0.15, -0.1) is 0 Å². The first-order valence-corrected chi connectivity index (χ1v) is 5.09. The molecule has 0 bridgehead atoms. The van der Waals surface area contributed by atoms with Gasteiger partial charge in [0.15, 0.2) is 0 Å². The first kappa shape index (κ1) is 10.2. The van der Waals surface area contributed by atoms with Gasteiger partial charge in [0.2, 0.25) is 0 Å². The van der Waals surface area contributed by atoms with Crippen molar-refractivity contribution < 1.29 is 12.3 Å². The van der Waals surface area contributed by atoms with E-state index in [4.69, 9.17) is 2.74 Å². The third-order valence-electron chi connectivity index (χ3n) is 1.61. The highest BCUT2D eigenvalue weighted by Crippen LogP contribution is 1.94. The molecule has 15 heavy (non-hydrogen) atoms. The van der Waals surface area contributed by atoms with Crippen LogP contribution in [0, 0.1) is 0 Å². The molecule has 0 fully saturated rings. The summed E-state index contributed by atoms with van der Waals surface area (Å²) in [5.41, 5.74) is 0. The summed E-state index contributed by atoms with van der Waals surface area (Å²) in [6, 6.07) is 0. The van der Waals surface area contributed by atoms with Crippen LogP contribution in [0.2, 0.25) is 0 Å². The largest absolute Gasteiger partial charge is 0.469 e. The summed E-state index contributed by atoms with van der Waals surface area (Å²) in [4.78, 5) is 10.8. The van der Waals surface area contributed by atoms with Gasteiger partial charge < -0.3 is 4.74 Å². The molecule has 0 spiro atoms. The summed E-state index contributed by atoms with van der Waals surface area (Å²) in [5, 5.41) is 0. The van der Waals surface area contributed by atoms with Crippen molar-refractivity contribution in [2.45, 2.75) is 32.6 Å². The summed E-state index contributed by atoms with van der Waals surface area (Å²) in [7, 11) is 1.35. The van der Waals surface area contributed by atoms with Crippen molar-refractivity contribution in [2.75, 3.05) is 7.11 Å². The first-order valence-electron chi connectivity index (χ1n) is 6.09. The van der Waals surface area contributed by atoms with Crippen LogP contribution >= 0.6 is 0 Å². The molecule has 0 aliphatic rings. The predicted octanol–water partition coefficient (Wildman–Crippen LogP) is 3.41. The molecular formula is C13H20O2. The van der Waals surface area contributed by atoms with Gasteiger partial charge in [-0.1, -0.05) is 43.4 Å². The van der Waals surface area contributed by atoms with Crippen molar-refractivity contribution in [3.63, 3.8) is 0 Å². The molecule has 0 N–H and O–H groups in total. The van der Waals surface area contributed by atoms with E-state index in [0.29, 0.717) is 6.42 Å². The van der Waals surface area contributed by atoms with Crippen LogP contribution in [0.5, 0.6) is 0 Å². The topological polar surface area (TPSA) is 26.3 Å². The molecule has 0 saturated carbocycles. The van der Waals surface area contributed by atoms with Crippen LogP contribution in [0.25, 0.3) is 0 Å². The summed E-state index contributed by atoms with van der Waals surface area (Å²) in [6.07, 6.45) is 10.4. The number of allylic oxidation sites excluding steroid dienone is 5. The minimum Gasteiger partial charge on any atom is -0.469 e.